The fourth-order valence-electron chi connectivity index (χ4n) is 1.79. The van der Waals surface area contributed by atoms with Gasteiger partial charge in [0.2, 0.25) is 0 Å². The van der Waals surface area contributed by atoms with Crippen molar-refractivity contribution in [2.24, 2.45) is 0 Å². The third kappa shape index (κ3) is 21.1. The molecule has 0 fully saturated rings. The van der Waals surface area contributed by atoms with Crippen molar-refractivity contribution in [3.8, 4) is 0 Å². The molecule has 1 amide bonds. The van der Waals surface area contributed by atoms with Crippen LogP contribution in [-0.4, -0.2) is 70.5 Å². The summed E-state index contributed by atoms with van der Waals surface area (Å²) in [5, 5.41) is 6.03. The average molecular weight is 363 g/mol. The molecule has 0 saturated heterocycles. The Bertz CT molecular complexity index is 319. The van der Waals surface area contributed by atoms with Gasteiger partial charge in [0.1, 0.15) is 5.60 Å². The van der Waals surface area contributed by atoms with Crippen molar-refractivity contribution in [1.29, 1.82) is 0 Å². The van der Waals surface area contributed by atoms with Crippen molar-refractivity contribution < 1.29 is 23.7 Å². The zero-order valence-corrected chi connectivity index (χ0v) is 16.7. The van der Waals surface area contributed by atoms with E-state index in [4.69, 9.17) is 18.9 Å². The number of rotatable bonds is 15. The average Bonchev–Trinajstić information content (AvgIpc) is 2.49. The maximum absolute atomic E-state index is 11.4. The third-order valence-corrected chi connectivity index (χ3v) is 2.90. The van der Waals surface area contributed by atoms with Gasteiger partial charge in [0.25, 0.3) is 0 Å². The Morgan fingerprint density at radius 2 is 1.32 bits per heavy atom. The van der Waals surface area contributed by atoms with E-state index >= 15 is 0 Å². The summed E-state index contributed by atoms with van der Waals surface area (Å²) in [6, 6.07) is 0.524. The molecule has 0 aromatic carbocycles. The molecule has 2 N–H and O–H groups in total. The van der Waals surface area contributed by atoms with Crippen LogP contribution in [0.25, 0.3) is 0 Å². The fourth-order valence-corrected chi connectivity index (χ4v) is 1.79. The van der Waals surface area contributed by atoms with E-state index in [1.807, 2.05) is 20.8 Å². The summed E-state index contributed by atoms with van der Waals surface area (Å²) in [7, 11) is 0. The van der Waals surface area contributed by atoms with Crippen LogP contribution >= 0.6 is 0 Å². The van der Waals surface area contributed by atoms with E-state index in [-0.39, 0.29) is 0 Å². The molecule has 25 heavy (non-hydrogen) atoms. The Hall–Kier alpha value is -0.890. The van der Waals surface area contributed by atoms with Crippen LogP contribution in [-0.2, 0) is 18.9 Å². The first-order chi connectivity index (χ1) is 11.8. The van der Waals surface area contributed by atoms with Crippen LogP contribution < -0.4 is 10.6 Å². The van der Waals surface area contributed by atoms with Crippen LogP contribution in [0, 0.1) is 0 Å². The van der Waals surface area contributed by atoms with Crippen LogP contribution in [0.3, 0.4) is 0 Å². The Balaban J connectivity index is 3.16. The van der Waals surface area contributed by atoms with E-state index in [1.54, 1.807) is 0 Å². The monoisotopic (exact) mass is 362 g/mol. The lowest BCUT2D eigenvalue weighted by atomic mass is 10.2. The number of amides is 1. The van der Waals surface area contributed by atoms with Gasteiger partial charge in [0, 0.05) is 25.8 Å². The number of carbonyl (C=O) groups is 1. The molecule has 0 atom stereocenters. The smallest absolute Gasteiger partial charge is 0.407 e. The Morgan fingerprint density at radius 3 is 1.80 bits per heavy atom. The van der Waals surface area contributed by atoms with Crippen LogP contribution in [0.15, 0.2) is 0 Å². The van der Waals surface area contributed by atoms with Crippen molar-refractivity contribution in [2.45, 2.75) is 59.1 Å². The fraction of sp³-hybridized carbons (Fsp3) is 0.944. The van der Waals surface area contributed by atoms with Gasteiger partial charge >= 0.3 is 6.09 Å². The standard InChI is InChI=1S/C18H38N2O5/c1-16(2)19-8-6-10-22-12-14-24-15-13-23-11-7-9-20-17(21)25-18(3,4)5/h16,19H,6-15H2,1-5H3,(H,20,21). The van der Waals surface area contributed by atoms with Crippen molar-refractivity contribution in [3.05, 3.63) is 0 Å². The maximum Gasteiger partial charge on any atom is 0.407 e. The van der Waals surface area contributed by atoms with Gasteiger partial charge in [0.15, 0.2) is 0 Å². The minimum Gasteiger partial charge on any atom is -0.444 e. The van der Waals surface area contributed by atoms with Gasteiger partial charge in [-0.3, -0.25) is 0 Å². The van der Waals surface area contributed by atoms with Crippen LogP contribution in [0.5, 0.6) is 0 Å². The lowest BCUT2D eigenvalue weighted by Crippen LogP contribution is -2.33. The Labute approximate surface area is 153 Å². The number of alkyl carbamates (subject to hydrolysis) is 1. The zero-order valence-electron chi connectivity index (χ0n) is 16.7. The first-order valence-electron chi connectivity index (χ1n) is 9.24. The molecule has 0 spiro atoms. The molecule has 0 rings (SSSR count). The van der Waals surface area contributed by atoms with E-state index < -0.39 is 11.7 Å². The second kappa shape index (κ2) is 15.4. The molecule has 7 heteroatoms. The van der Waals surface area contributed by atoms with E-state index in [0.717, 1.165) is 26.0 Å². The van der Waals surface area contributed by atoms with Gasteiger partial charge in [-0.15, -0.1) is 0 Å². The molecule has 0 aliphatic heterocycles. The molecule has 0 saturated carbocycles. The summed E-state index contributed by atoms with van der Waals surface area (Å²) >= 11 is 0. The van der Waals surface area contributed by atoms with Crippen LogP contribution in [0.1, 0.15) is 47.5 Å². The summed E-state index contributed by atoms with van der Waals surface area (Å²) in [6.45, 7) is 14.9. The van der Waals surface area contributed by atoms with Gasteiger partial charge in [-0.1, -0.05) is 13.8 Å². The number of carbonyl (C=O) groups excluding carboxylic acids is 1. The molecular weight excluding hydrogens is 324 g/mol. The van der Waals surface area contributed by atoms with Crippen molar-refractivity contribution in [2.75, 3.05) is 52.7 Å². The molecule has 7 nitrogen and oxygen atoms in total. The summed E-state index contributed by atoms with van der Waals surface area (Å²) in [5.41, 5.74) is -0.466. The zero-order chi connectivity index (χ0) is 19.0. The molecule has 0 unspecified atom stereocenters. The third-order valence-electron chi connectivity index (χ3n) is 2.90. The molecule has 0 aliphatic rings. The highest BCUT2D eigenvalue weighted by Gasteiger charge is 2.15. The Kier molecular flexibility index (Phi) is 14.8. The highest BCUT2D eigenvalue weighted by atomic mass is 16.6. The summed E-state index contributed by atoms with van der Waals surface area (Å²) < 4.78 is 21.5. The van der Waals surface area contributed by atoms with E-state index in [0.29, 0.717) is 45.6 Å². The predicted octanol–water partition coefficient (Wildman–Crippen LogP) is 2.34. The van der Waals surface area contributed by atoms with Gasteiger partial charge in [0.05, 0.1) is 26.4 Å². The second-order valence-electron chi connectivity index (χ2n) is 7.08. The molecular formula is C18H38N2O5. The largest absolute Gasteiger partial charge is 0.444 e. The van der Waals surface area contributed by atoms with Crippen LogP contribution in [0.4, 0.5) is 4.79 Å². The molecule has 0 aliphatic carbocycles. The van der Waals surface area contributed by atoms with E-state index in [9.17, 15) is 4.79 Å². The van der Waals surface area contributed by atoms with Crippen molar-refractivity contribution in [1.82, 2.24) is 10.6 Å². The number of nitrogens with one attached hydrogen (secondary N) is 2. The number of hydrogen-bond acceptors (Lipinski definition) is 6. The van der Waals surface area contributed by atoms with Crippen molar-refractivity contribution >= 4 is 6.09 Å². The molecule has 0 heterocycles. The first-order valence-corrected chi connectivity index (χ1v) is 9.24. The molecule has 0 aromatic rings. The molecule has 0 radical (unpaired) electrons. The number of hydrogen-bond donors (Lipinski definition) is 2. The predicted molar refractivity (Wildman–Crippen MR) is 99.1 cm³/mol. The van der Waals surface area contributed by atoms with Gasteiger partial charge in [-0.2, -0.15) is 0 Å². The summed E-state index contributed by atoms with van der Waals surface area (Å²) in [6.07, 6.45) is 1.36. The van der Waals surface area contributed by atoms with Gasteiger partial charge < -0.3 is 29.6 Å². The normalized spacial score (nSPS) is 11.8. The second-order valence-corrected chi connectivity index (χ2v) is 7.08. The van der Waals surface area contributed by atoms with E-state index in [1.165, 1.54) is 0 Å². The summed E-state index contributed by atoms with van der Waals surface area (Å²) in [5.74, 6) is 0. The quantitative estimate of drug-likeness (QED) is 0.435. The molecule has 0 bridgehead atoms. The van der Waals surface area contributed by atoms with Gasteiger partial charge in [-0.05, 0) is 40.2 Å². The topological polar surface area (TPSA) is 78.0 Å². The van der Waals surface area contributed by atoms with Crippen LogP contribution in [0.2, 0.25) is 0 Å². The minimum absolute atomic E-state index is 0.393. The molecule has 0 aromatic heterocycles. The van der Waals surface area contributed by atoms with E-state index in [2.05, 4.69) is 24.5 Å². The summed E-state index contributed by atoms with van der Waals surface area (Å²) in [4.78, 5) is 11.4. The van der Waals surface area contributed by atoms with Crippen molar-refractivity contribution in [3.63, 3.8) is 0 Å². The number of ether oxygens (including phenoxy) is 4. The highest BCUT2D eigenvalue weighted by molar-refractivity contribution is 5.67. The SMILES string of the molecule is CC(C)NCCCOCCOCCOCCCNC(=O)OC(C)(C)C. The highest BCUT2D eigenvalue weighted by Crippen LogP contribution is 2.06. The van der Waals surface area contributed by atoms with Gasteiger partial charge in [-0.25, -0.2) is 4.79 Å². The lowest BCUT2D eigenvalue weighted by Gasteiger charge is -2.19. The lowest BCUT2D eigenvalue weighted by molar-refractivity contribution is 0.0135. The first kappa shape index (κ1) is 24.1. The molecule has 150 valence electrons. The minimum atomic E-state index is -0.466. The Morgan fingerprint density at radius 1 is 0.840 bits per heavy atom. The maximum atomic E-state index is 11.4.